The molecule has 6 heteroatoms. The molecule has 2 aliphatic carbocycles. The third-order valence-electron chi connectivity index (χ3n) is 8.96. The molecule has 0 radical (unpaired) electrons. The molecule has 2 saturated carbocycles. The molecule has 2 heterocycles. The maximum atomic E-state index is 13.4. The summed E-state index contributed by atoms with van der Waals surface area (Å²) in [6.07, 6.45) is 10.8. The van der Waals surface area contributed by atoms with Gasteiger partial charge in [0.25, 0.3) is 5.91 Å². The lowest BCUT2D eigenvalue weighted by molar-refractivity contribution is -0.144. The number of carbonyl (C=O) groups is 2. The number of hydrogen-bond donors (Lipinski definition) is 3. The molecule has 1 aliphatic heterocycles. The van der Waals surface area contributed by atoms with E-state index in [-0.39, 0.29) is 5.91 Å². The molecule has 6 nitrogen and oxygen atoms in total. The van der Waals surface area contributed by atoms with Crippen LogP contribution in [0.3, 0.4) is 0 Å². The number of nitrogens with one attached hydrogen (secondary N) is 2. The van der Waals surface area contributed by atoms with Crippen molar-refractivity contribution in [2.45, 2.75) is 88.6 Å². The molecule has 6 rings (SSSR count). The summed E-state index contributed by atoms with van der Waals surface area (Å²) in [6.45, 7) is 1.79. The van der Waals surface area contributed by atoms with Crippen molar-refractivity contribution in [3.8, 4) is 0 Å². The molecule has 0 spiro atoms. The van der Waals surface area contributed by atoms with E-state index in [0.717, 1.165) is 44.3 Å². The maximum Gasteiger partial charge on any atom is 0.329 e. The van der Waals surface area contributed by atoms with Gasteiger partial charge < -0.3 is 20.3 Å². The molecule has 3 N–H and O–H groups in total. The van der Waals surface area contributed by atoms with Gasteiger partial charge in [0.1, 0.15) is 5.54 Å². The summed E-state index contributed by atoms with van der Waals surface area (Å²) in [5.74, 6) is -0.660. The number of aryl methyl sites for hydroxylation is 1. The van der Waals surface area contributed by atoms with Crippen molar-refractivity contribution >= 4 is 28.5 Å². The molecule has 1 amide bonds. The molecule has 1 aromatic heterocycles. The van der Waals surface area contributed by atoms with Gasteiger partial charge in [-0.05, 0) is 67.3 Å². The minimum atomic E-state index is -1.14. The molecule has 194 valence electrons. The molecule has 0 unspecified atom stereocenters. The Bertz CT molecular complexity index is 1330. The highest BCUT2D eigenvalue weighted by atomic mass is 16.4. The Balaban J connectivity index is 1.46. The van der Waals surface area contributed by atoms with Crippen molar-refractivity contribution in [2.24, 2.45) is 0 Å². The standard InChI is InChI=1S/C31H37N3O3/c35-29(33-31(30(36)37)15-6-7-16-31)23-13-14-24-26(20-23)34-18-8-17-32-25-12-5-4-11-22(25)19-27(34)28(24)21-9-2-1-3-10-21/h4-5,11-14,20-21,32H,1-3,6-10,15-19H2,(H,33,35)(H,36,37). The highest BCUT2D eigenvalue weighted by Crippen LogP contribution is 2.42. The first-order chi connectivity index (χ1) is 18.1. The Hall–Kier alpha value is -3.28. The van der Waals surface area contributed by atoms with Gasteiger partial charge in [0.15, 0.2) is 0 Å². The first-order valence-corrected chi connectivity index (χ1v) is 14.1. The predicted octanol–water partition coefficient (Wildman–Crippen LogP) is 6.22. The van der Waals surface area contributed by atoms with Gasteiger partial charge in [-0.1, -0.05) is 56.4 Å². The number of hydrogen-bond acceptors (Lipinski definition) is 3. The number of nitrogens with zero attached hydrogens (tertiary/aromatic N) is 1. The van der Waals surface area contributed by atoms with Crippen LogP contribution in [-0.4, -0.2) is 33.6 Å². The first kappa shape index (κ1) is 24.1. The summed E-state index contributed by atoms with van der Waals surface area (Å²) in [5.41, 5.74) is 5.90. The van der Waals surface area contributed by atoms with Gasteiger partial charge >= 0.3 is 5.97 Å². The molecule has 3 aromatic rings. The molecule has 37 heavy (non-hydrogen) atoms. The second-order valence-electron chi connectivity index (χ2n) is 11.2. The SMILES string of the molecule is O=C(NC1(C(=O)O)CCCC1)c1ccc2c(C3CCCCC3)c3n(c2c1)CCCNc1ccccc1C3. The Kier molecular flexibility index (Phi) is 6.43. The summed E-state index contributed by atoms with van der Waals surface area (Å²) in [7, 11) is 0. The average molecular weight is 500 g/mol. The van der Waals surface area contributed by atoms with E-state index >= 15 is 0 Å². The number of aromatic nitrogens is 1. The summed E-state index contributed by atoms with van der Waals surface area (Å²) in [4.78, 5) is 25.4. The van der Waals surface area contributed by atoms with Gasteiger partial charge in [-0.2, -0.15) is 0 Å². The van der Waals surface area contributed by atoms with Crippen LogP contribution in [0.15, 0.2) is 42.5 Å². The van der Waals surface area contributed by atoms with Crippen LogP contribution in [0, 0.1) is 0 Å². The van der Waals surface area contributed by atoms with Crippen LogP contribution in [-0.2, 0) is 17.8 Å². The van der Waals surface area contributed by atoms with Gasteiger partial charge in [0.2, 0.25) is 0 Å². The fraction of sp³-hybridized carbons (Fsp3) is 0.484. The summed E-state index contributed by atoms with van der Waals surface area (Å²) in [6, 6.07) is 14.7. The number of benzene rings is 2. The van der Waals surface area contributed by atoms with E-state index < -0.39 is 11.5 Å². The van der Waals surface area contributed by atoms with Gasteiger partial charge in [0.05, 0.1) is 0 Å². The van der Waals surface area contributed by atoms with E-state index in [4.69, 9.17) is 0 Å². The van der Waals surface area contributed by atoms with Crippen LogP contribution in [0.2, 0.25) is 0 Å². The number of carboxylic acid groups (broad SMARTS) is 1. The fourth-order valence-electron chi connectivity index (χ4n) is 7.01. The summed E-state index contributed by atoms with van der Waals surface area (Å²) >= 11 is 0. The Labute approximate surface area is 218 Å². The highest BCUT2D eigenvalue weighted by molar-refractivity contribution is 6.01. The van der Waals surface area contributed by atoms with Gasteiger partial charge in [0, 0.05) is 47.4 Å². The van der Waals surface area contributed by atoms with Gasteiger partial charge in [-0.25, -0.2) is 4.79 Å². The predicted molar refractivity (Wildman–Crippen MR) is 146 cm³/mol. The maximum absolute atomic E-state index is 13.4. The number of aliphatic carboxylic acids is 1. The summed E-state index contributed by atoms with van der Waals surface area (Å²) in [5, 5.41) is 17.7. The van der Waals surface area contributed by atoms with E-state index in [0.29, 0.717) is 24.3 Å². The molecule has 0 bridgehead atoms. The fourth-order valence-corrected chi connectivity index (χ4v) is 7.01. The van der Waals surface area contributed by atoms with Crippen LogP contribution < -0.4 is 10.6 Å². The van der Waals surface area contributed by atoms with E-state index in [1.54, 1.807) is 0 Å². The van der Waals surface area contributed by atoms with Gasteiger partial charge in [-0.3, -0.25) is 4.79 Å². The van der Waals surface area contributed by atoms with Crippen molar-refractivity contribution in [1.82, 2.24) is 9.88 Å². The number of amides is 1. The zero-order valence-corrected chi connectivity index (χ0v) is 21.5. The number of fused-ring (bicyclic) bond motifs is 4. The number of para-hydroxylation sites is 1. The number of carbonyl (C=O) groups excluding carboxylic acids is 1. The van der Waals surface area contributed by atoms with E-state index in [1.807, 2.05) is 12.1 Å². The van der Waals surface area contributed by atoms with Crippen LogP contribution in [0.25, 0.3) is 10.9 Å². The van der Waals surface area contributed by atoms with Crippen LogP contribution in [0.1, 0.15) is 97.3 Å². The Morgan fingerprint density at radius 3 is 2.54 bits per heavy atom. The molecule has 0 atom stereocenters. The van der Waals surface area contributed by atoms with E-state index in [2.05, 4.69) is 45.5 Å². The molecular formula is C31H37N3O3. The smallest absolute Gasteiger partial charge is 0.329 e. The Morgan fingerprint density at radius 1 is 0.973 bits per heavy atom. The monoisotopic (exact) mass is 499 g/mol. The number of carboxylic acids is 1. The highest BCUT2D eigenvalue weighted by Gasteiger charge is 2.42. The van der Waals surface area contributed by atoms with Crippen LogP contribution in [0.5, 0.6) is 0 Å². The quantitative estimate of drug-likeness (QED) is 0.398. The average Bonchev–Trinajstić information content (AvgIpc) is 3.52. The largest absolute Gasteiger partial charge is 0.480 e. The van der Waals surface area contributed by atoms with E-state index in [9.17, 15) is 14.7 Å². The van der Waals surface area contributed by atoms with E-state index in [1.165, 1.54) is 60.0 Å². The molecule has 2 aromatic carbocycles. The second kappa shape index (κ2) is 9.88. The van der Waals surface area contributed by atoms with Crippen molar-refractivity contribution in [1.29, 1.82) is 0 Å². The van der Waals surface area contributed by atoms with Crippen molar-refractivity contribution in [3.63, 3.8) is 0 Å². The molecule has 2 fully saturated rings. The van der Waals surface area contributed by atoms with Crippen LogP contribution in [0.4, 0.5) is 5.69 Å². The second-order valence-corrected chi connectivity index (χ2v) is 11.2. The number of rotatable bonds is 4. The third-order valence-corrected chi connectivity index (χ3v) is 8.96. The first-order valence-electron chi connectivity index (χ1n) is 14.1. The molecule has 0 saturated heterocycles. The molecule has 3 aliphatic rings. The zero-order valence-electron chi connectivity index (χ0n) is 21.5. The minimum Gasteiger partial charge on any atom is -0.480 e. The third kappa shape index (κ3) is 4.41. The lowest BCUT2D eigenvalue weighted by Gasteiger charge is -2.25. The minimum absolute atomic E-state index is 0.281. The van der Waals surface area contributed by atoms with Crippen molar-refractivity contribution < 1.29 is 14.7 Å². The normalized spacial score (nSPS) is 19.7. The number of anilines is 1. The van der Waals surface area contributed by atoms with Crippen molar-refractivity contribution in [3.05, 3.63) is 64.8 Å². The van der Waals surface area contributed by atoms with Crippen molar-refractivity contribution in [2.75, 3.05) is 11.9 Å². The van der Waals surface area contributed by atoms with Gasteiger partial charge in [-0.15, -0.1) is 0 Å². The summed E-state index contributed by atoms with van der Waals surface area (Å²) < 4.78 is 2.46. The lowest BCUT2D eigenvalue weighted by Crippen LogP contribution is -2.52. The van der Waals surface area contributed by atoms with Crippen LogP contribution >= 0.6 is 0 Å². The Morgan fingerprint density at radius 2 is 1.76 bits per heavy atom. The lowest BCUT2D eigenvalue weighted by atomic mass is 9.82. The zero-order chi connectivity index (χ0) is 25.4. The topological polar surface area (TPSA) is 83.4 Å². The molecular weight excluding hydrogens is 462 g/mol.